The van der Waals surface area contributed by atoms with Crippen LogP contribution < -0.4 is 0 Å². The molecule has 4 aromatic rings. The number of amides is 2. The molecule has 7 nitrogen and oxygen atoms in total. The monoisotopic (exact) mass is 427 g/mol. The van der Waals surface area contributed by atoms with Gasteiger partial charge in [0, 0.05) is 21.9 Å². The minimum Gasteiger partial charge on any atom is -0.494 e. The highest BCUT2D eigenvalue weighted by atomic mass is 16.3. The van der Waals surface area contributed by atoms with Crippen LogP contribution in [0.4, 0.5) is 0 Å². The van der Waals surface area contributed by atoms with E-state index in [0.717, 1.165) is 17.5 Å². The van der Waals surface area contributed by atoms with E-state index < -0.39 is 11.8 Å². The molecule has 0 radical (unpaired) electrons. The molecule has 2 amide bonds. The lowest BCUT2D eigenvalue weighted by Crippen LogP contribution is -1.98. The summed E-state index contributed by atoms with van der Waals surface area (Å²) in [5.41, 5.74) is 2.47. The molecule has 0 aliphatic rings. The highest BCUT2D eigenvalue weighted by Crippen LogP contribution is 2.37. The van der Waals surface area contributed by atoms with Gasteiger partial charge in [0.1, 0.15) is 0 Å². The summed E-state index contributed by atoms with van der Waals surface area (Å²) in [6.07, 6.45) is 0.854. The SMILES string of the molecule is CCc1ccc(C(=O)N=NC(=O)c2ccc3c(O)n(Cc4ccccc4)c(O)c3c2)cc1. The number of fused-ring (bicyclic) bond motifs is 1. The number of nitrogens with zero attached hydrogens (tertiary/aromatic N) is 3. The fraction of sp³-hybridized carbons (Fsp3) is 0.120. The van der Waals surface area contributed by atoms with Crippen LogP contribution in [0.3, 0.4) is 0 Å². The number of aromatic hydroxyl groups is 2. The molecule has 0 bridgehead atoms. The van der Waals surface area contributed by atoms with Gasteiger partial charge >= 0.3 is 0 Å². The molecule has 0 atom stereocenters. The molecule has 1 heterocycles. The van der Waals surface area contributed by atoms with Crippen molar-refractivity contribution in [3.8, 4) is 11.8 Å². The average Bonchev–Trinajstić information content (AvgIpc) is 3.07. The smallest absolute Gasteiger partial charge is 0.295 e. The van der Waals surface area contributed by atoms with Crippen LogP contribution in [-0.2, 0) is 13.0 Å². The van der Waals surface area contributed by atoms with Gasteiger partial charge in [-0.25, -0.2) is 0 Å². The van der Waals surface area contributed by atoms with Crippen LogP contribution in [0.1, 0.15) is 38.8 Å². The lowest BCUT2D eigenvalue weighted by atomic mass is 10.1. The van der Waals surface area contributed by atoms with Gasteiger partial charge in [-0.05, 0) is 47.9 Å². The minimum absolute atomic E-state index is 0.104. The molecular formula is C25H21N3O4. The number of hydrogen-bond acceptors (Lipinski definition) is 4. The molecule has 0 saturated carbocycles. The zero-order valence-electron chi connectivity index (χ0n) is 17.4. The van der Waals surface area contributed by atoms with Gasteiger partial charge < -0.3 is 10.2 Å². The minimum atomic E-state index is -0.722. The molecule has 1 aromatic heterocycles. The third kappa shape index (κ3) is 4.13. The van der Waals surface area contributed by atoms with Gasteiger partial charge in [-0.15, -0.1) is 10.2 Å². The predicted octanol–water partition coefficient (Wildman–Crippen LogP) is 5.10. The molecule has 0 spiro atoms. The Morgan fingerprint density at radius 2 is 1.34 bits per heavy atom. The third-order valence-electron chi connectivity index (χ3n) is 5.28. The Labute approximate surface area is 184 Å². The maximum absolute atomic E-state index is 12.5. The van der Waals surface area contributed by atoms with Gasteiger partial charge in [-0.2, -0.15) is 0 Å². The number of benzene rings is 3. The summed E-state index contributed by atoms with van der Waals surface area (Å²) < 4.78 is 1.36. The van der Waals surface area contributed by atoms with Crippen LogP contribution in [0.25, 0.3) is 10.8 Å². The van der Waals surface area contributed by atoms with Crippen molar-refractivity contribution in [2.45, 2.75) is 19.9 Å². The van der Waals surface area contributed by atoms with E-state index >= 15 is 0 Å². The Morgan fingerprint density at radius 1 is 0.750 bits per heavy atom. The van der Waals surface area contributed by atoms with Crippen LogP contribution >= 0.6 is 0 Å². The van der Waals surface area contributed by atoms with Gasteiger partial charge in [-0.3, -0.25) is 14.2 Å². The summed E-state index contributed by atoms with van der Waals surface area (Å²) in [4.78, 5) is 24.6. The van der Waals surface area contributed by atoms with Gasteiger partial charge in [0.15, 0.2) is 0 Å². The van der Waals surface area contributed by atoms with E-state index in [4.69, 9.17) is 0 Å². The first kappa shape index (κ1) is 21.0. The van der Waals surface area contributed by atoms with Crippen molar-refractivity contribution in [3.63, 3.8) is 0 Å². The Balaban J connectivity index is 1.57. The topological polar surface area (TPSA) is 104 Å². The number of aromatic nitrogens is 1. The summed E-state index contributed by atoms with van der Waals surface area (Å²) >= 11 is 0. The van der Waals surface area contributed by atoms with E-state index in [1.807, 2.05) is 49.4 Å². The van der Waals surface area contributed by atoms with Crippen molar-refractivity contribution in [1.82, 2.24) is 4.57 Å². The molecule has 7 heteroatoms. The van der Waals surface area contributed by atoms with Crippen LogP contribution in [0.2, 0.25) is 0 Å². The number of hydrogen-bond donors (Lipinski definition) is 2. The molecule has 0 aliphatic heterocycles. The summed E-state index contributed by atoms with van der Waals surface area (Å²) in [5, 5.41) is 28.9. The largest absolute Gasteiger partial charge is 0.494 e. The van der Waals surface area contributed by atoms with Crippen molar-refractivity contribution < 1.29 is 19.8 Å². The van der Waals surface area contributed by atoms with E-state index in [2.05, 4.69) is 10.2 Å². The lowest BCUT2D eigenvalue weighted by Gasteiger charge is -2.06. The first-order valence-electron chi connectivity index (χ1n) is 10.2. The van der Waals surface area contributed by atoms with Crippen molar-refractivity contribution in [2.24, 2.45) is 10.2 Å². The Kier molecular flexibility index (Phi) is 5.81. The van der Waals surface area contributed by atoms with Crippen LogP contribution in [0, 0.1) is 0 Å². The number of carbonyl (C=O) groups excluding carboxylic acids is 2. The maximum Gasteiger partial charge on any atom is 0.295 e. The maximum atomic E-state index is 12.5. The average molecular weight is 427 g/mol. The molecule has 0 fully saturated rings. The highest BCUT2D eigenvalue weighted by Gasteiger charge is 2.18. The second-order valence-electron chi connectivity index (χ2n) is 7.34. The highest BCUT2D eigenvalue weighted by molar-refractivity contribution is 6.03. The van der Waals surface area contributed by atoms with E-state index in [1.54, 1.807) is 12.1 Å². The van der Waals surface area contributed by atoms with Crippen molar-refractivity contribution in [2.75, 3.05) is 0 Å². The molecule has 0 aliphatic carbocycles. The molecule has 0 unspecified atom stereocenters. The fourth-order valence-electron chi connectivity index (χ4n) is 3.45. The zero-order chi connectivity index (χ0) is 22.7. The standard InChI is InChI=1S/C25H21N3O4/c1-2-16-8-10-18(11-9-16)22(29)26-27-23(30)19-12-13-20-21(14-19)25(32)28(24(20)31)15-17-6-4-3-5-7-17/h3-14,31-32H,2,15H2,1H3. The van der Waals surface area contributed by atoms with Gasteiger partial charge in [0.2, 0.25) is 11.8 Å². The third-order valence-corrected chi connectivity index (χ3v) is 5.28. The van der Waals surface area contributed by atoms with Crippen LogP contribution in [0.15, 0.2) is 83.0 Å². The number of aryl methyl sites for hydroxylation is 1. The number of azo groups is 1. The molecule has 3 aromatic carbocycles. The van der Waals surface area contributed by atoms with Crippen molar-refractivity contribution in [1.29, 1.82) is 0 Å². The summed E-state index contributed by atoms with van der Waals surface area (Å²) in [5.74, 6) is -1.61. The van der Waals surface area contributed by atoms with Crippen LogP contribution in [-0.4, -0.2) is 26.6 Å². The Morgan fingerprint density at radius 3 is 2.00 bits per heavy atom. The second-order valence-corrected chi connectivity index (χ2v) is 7.34. The summed E-state index contributed by atoms with van der Waals surface area (Å²) in [7, 11) is 0. The lowest BCUT2D eigenvalue weighted by molar-refractivity contribution is 0.0947. The van der Waals surface area contributed by atoms with E-state index in [-0.39, 0.29) is 23.9 Å². The Bertz CT molecular complexity index is 1320. The van der Waals surface area contributed by atoms with E-state index in [9.17, 15) is 19.8 Å². The second kappa shape index (κ2) is 8.85. The fourth-order valence-corrected chi connectivity index (χ4v) is 3.45. The van der Waals surface area contributed by atoms with Gasteiger partial charge in [0.05, 0.1) is 6.54 Å². The molecule has 0 saturated heterocycles. The Hall–Kier alpha value is -4.26. The van der Waals surface area contributed by atoms with Crippen molar-refractivity contribution >= 4 is 22.6 Å². The van der Waals surface area contributed by atoms with E-state index in [1.165, 1.54) is 22.8 Å². The summed E-state index contributed by atoms with van der Waals surface area (Å²) in [6, 6.07) is 20.7. The van der Waals surface area contributed by atoms with Crippen molar-refractivity contribution in [3.05, 3.63) is 95.1 Å². The molecule has 160 valence electrons. The zero-order valence-corrected chi connectivity index (χ0v) is 17.4. The van der Waals surface area contributed by atoms with Gasteiger partial charge in [0.25, 0.3) is 11.8 Å². The predicted molar refractivity (Wildman–Crippen MR) is 120 cm³/mol. The van der Waals surface area contributed by atoms with E-state index in [0.29, 0.717) is 16.3 Å². The molecule has 32 heavy (non-hydrogen) atoms. The first-order chi connectivity index (χ1) is 15.5. The molecular weight excluding hydrogens is 406 g/mol. The molecule has 4 rings (SSSR count). The van der Waals surface area contributed by atoms with Gasteiger partial charge in [-0.1, -0.05) is 49.4 Å². The quantitative estimate of drug-likeness (QED) is 0.433. The first-order valence-corrected chi connectivity index (χ1v) is 10.2. The number of carbonyl (C=O) groups is 2. The number of rotatable bonds is 5. The summed E-state index contributed by atoms with van der Waals surface area (Å²) in [6.45, 7) is 2.28. The molecule has 2 N–H and O–H groups in total. The van der Waals surface area contributed by atoms with Crippen LogP contribution in [0.5, 0.6) is 11.8 Å². The normalized spacial score (nSPS) is 11.3.